The number of aryl methyl sites for hydroxylation is 1. The molecule has 1 aliphatic heterocycles. The summed E-state index contributed by atoms with van der Waals surface area (Å²) in [5, 5.41) is 2.96. The Morgan fingerprint density at radius 2 is 2.30 bits per heavy atom. The number of nitrogens with zero attached hydrogens (tertiary/aromatic N) is 1. The number of carbonyl (C=O) groups is 1. The number of anilines is 2. The number of hydrogen-bond donors (Lipinski definition) is 2. The molecule has 1 fully saturated rings. The van der Waals surface area contributed by atoms with E-state index >= 15 is 0 Å². The van der Waals surface area contributed by atoms with E-state index in [1.54, 1.807) is 0 Å². The molecule has 0 bridgehead atoms. The Hall–Kier alpha value is -1.55. The highest BCUT2D eigenvalue weighted by Crippen LogP contribution is 2.19. The molecule has 20 heavy (non-hydrogen) atoms. The Kier molecular flexibility index (Phi) is 5.01. The molecule has 3 N–H and O–H groups in total. The minimum atomic E-state index is 0.0666. The minimum Gasteiger partial charge on any atom is -0.399 e. The number of carbonyl (C=O) groups excluding carboxylic acids is 1. The SMILES string of the molecule is Cc1ccc(N)cc1NC(=O)CCN1CCCC(C)C1. The maximum Gasteiger partial charge on any atom is 0.225 e. The molecular weight excluding hydrogens is 250 g/mol. The predicted octanol–water partition coefficient (Wildman–Crippen LogP) is 2.64. The van der Waals surface area contributed by atoms with Crippen molar-refractivity contribution < 1.29 is 4.79 Å². The zero-order valence-electron chi connectivity index (χ0n) is 12.5. The molecular formula is C16H25N3O. The van der Waals surface area contributed by atoms with E-state index in [0.29, 0.717) is 12.1 Å². The van der Waals surface area contributed by atoms with Gasteiger partial charge in [-0.15, -0.1) is 0 Å². The number of amides is 1. The first-order chi connectivity index (χ1) is 9.54. The number of hydrogen-bond acceptors (Lipinski definition) is 3. The van der Waals surface area contributed by atoms with Crippen LogP contribution in [0.3, 0.4) is 0 Å². The highest BCUT2D eigenvalue weighted by molar-refractivity contribution is 5.92. The third-order valence-electron chi connectivity index (χ3n) is 3.93. The molecule has 1 unspecified atom stereocenters. The first-order valence-corrected chi connectivity index (χ1v) is 7.43. The number of piperidine rings is 1. The molecule has 0 saturated carbocycles. The average Bonchev–Trinajstić information content (AvgIpc) is 2.41. The fourth-order valence-electron chi connectivity index (χ4n) is 2.74. The lowest BCUT2D eigenvalue weighted by Gasteiger charge is -2.30. The second kappa shape index (κ2) is 6.75. The van der Waals surface area contributed by atoms with E-state index in [0.717, 1.165) is 36.8 Å². The van der Waals surface area contributed by atoms with Crippen LogP contribution < -0.4 is 11.1 Å². The van der Waals surface area contributed by atoms with Crippen LogP contribution in [0.25, 0.3) is 0 Å². The second-order valence-electron chi connectivity index (χ2n) is 5.92. The van der Waals surface area contributed by atoms with Crippen LogP contribution in [0.4, 0.5) is 11.4 Å². The summed E-state index contributed by atoms with van der Waals surface area (Å²) < 4.78 is 0. The normalized spacial score (nSPS) is 19.8. The number of nitrogen functional groups attached to an aromatic ring is 1. The molecule has 4 heteroatoms. The molecule has 1 amide bonds. The number of rotatable bonds is 4. The van der Waals surface area contributed by atoms with Crippen LogP contribution in [0.5, 0.6) is 0 Å². The summed E-state index contributed by atoms with van der Waals surface area (Å²) in [7, 11) is 0. The fraction of sp³-hybridized carbons (Fsp3) is 0.562. The molecule has 1 atom stereocenters. The highest BCUT2D eigenvalue weighted by Gasteiger charge is 2.16. The van der Waals surface area contributed by atoms with Crippen LogP contribution in [0.15, 0.2) is 18.2 Å². The van der Waals surface area contributed by atoms with Crippen molar-refractivity contribution in [2.45, 2.75) is 33.1 Å². The van der Waals surface area contributed by atoms with E-state index in [-0.39, 0.29) is 5.91 Å². The van der Waals surface area contributed by atoms with Crippen LogP contribution in [-0.4, -0.2) is 30.4 Å². The molecule has 1 aliphatic rings. The molecule has 110 valence electrons. The lowest BCUT2D eigenvalue weighted by molar-refractivity contribution is -0.116. The first-order valence-electron chi connectivity index (χ1n) is 7.43. The largest absolute Gasteiger partial charge is 0.399 e. The fourth-order valence-corrected chi connectivity index (χ4v) is 2.74. The molecule has 0 aromatic heterocycles. The summed E-state index contributed by atoms with van der Waals surface area (Å²) in [6.45, 7) is 7.33. The Bertz CT molecular complexity index is 473. The molecule has 1 saturated heterocycles. The van der Waals surface area contributed by atoms with Gasteiger partial charge in [-0.05, 0) is 49.9 Å². The number of nitrogens with one attached hydrogen (secondary N) is 1. The van der Waals surface area contributed by atoms with E-state index in [2.05, 4.69) is 17.1 Å². The number of nitrogens with two attached hydrogens (primary N) is 1. The van der Waals surface area contributed by atoms with Gasteiger partial charge in [-0.25, -0.2) is 0 Å². The molecule has 0 radical (unpaired) electrons. The van der Waals surface area contributed by atoms with E-state index in [9.17, 15) is 4.79 Å². The van der Waals surface area contributed by atoms with E-state index in [1.165, 1.54) is 12.8 Å². The molecule has 4 nitrogen and oxygen atoms in total. The summed E-state index contributed by atoms with van der Waals surface area (Å²) in [6.07, 6.45) is 3.10. The Labute approximate surface area is 121 Å². The maximum atomic E-state index is 12.0. The summed E-state index contributed by atoms with van der Waals surface area (Å²) >= 11 is 0. The van der Waals surface area contributed by atoms with Crippen molar-refractivity contribution >= 4 is 17.3 Å². The van der Waals surface area contributed by atoms with Crippen LogP contribution in [-0.2, 0) is 4.79 Å². The summed E-state index contributed by atoms with van der Waals surface area (Å²) in [5.41, 5.74) is 8.29. The lowest BCUT2D eigenvalue weighted by atomic mass is 10.0. The zero-order chi connectivity index (χ0) is 14.5. The monoisotopic (exact) mass is 275 g/mol. The summed E-state index contributed by atoms with van der Waals surface area (Å²) in [5.74, 6) is 0.819. The first kappa shape index (κ1) is 14.9. The van der Waals surface area contributed by atoms with E-state index < -0.39 is 0 Å². The topological polar surface area (TPSA) is 58.4 Å². The van der Waals surface area contributed by atoms with Crippen LogP contribution >= 0.6 is 0 Å². The molecule has 1 heterocycles. The predicted molar refractivity (Wildman–Crippen MR) is 83.7 cm³/mol. The Balaban J connectivity index is 1.82. The standard InChI is InChI=1S/C16H25N3O/c1-12-4-3-8-19(11-12)9-7-16(20)18-15-10-14(17)6-5-13(15)2/h5-6,10,12H,3-4,7-9,11,17H2,1-2H3,(H,18,20). The summed E-state index contributed by atoms with van der Waals surface area (Å²) in [6, 6.07) is 5.59. The van der Waals surface area contributed by atoms with Crippen molar-refractivity contribution in [3.8, 4) is 0 Å². The zero-order valence-corrected chi connectivity index (χ0v) is 12.5. The van der Waals surface area contributed by atoms with Crippen molar-refractivity contribution in [2.24, 2.45) is 5.92 Å². The van der Waals surface area contributed by atoms with Crippen LogP contribution in [0, 0.1) is 12.8 Å². The van der Waals surface area contributed by atoms with Gasteiger partial charge >= 0.3 is 0 Å². The quantitative estimate of drug-likeness (QED) is 0.831. The van der Waals surface area contributed by atoms with Gasteiger partial charge in [0.1, 0.15) is 0 Å². The van der Waals surface area contributed by atoms with Gasteiger partial charge in [0.25, 0.3) is 0 Å². The van der Waals surface area contributed by atoms with Gasteiger partial charge in [-0.1, -0.05) is 13.0 Å². The molecule has 1 aromatic rings. The summed E-state index contributed by atoms with van der Waals surface area (Å²) in [4.78, 5) is 14.4. The van der Waals surface area contributed by atoms with Crippen molar-refractivity contribution in [1.29, 1.82) is 0 Å². The Morgan fingerprint density at radius 1 is 1.50 bits per heavy atom. The highest BCUT2D eigenvalue weighted by atomic mass is 16.1. The van der Waals surface area contributed by atoms with Gasteiger partial charge < -0.3 is 16.0 Å². The minimum absolute atomic E-state index is 0.0666. The molecule has 2 rings (SSSR count). The third-order valence-corrected chi connectivity index (χ3v) is 3.93. The van der Waals surface area contributed by atoms with Crippen molar-refractivity contribution in [1.82, 2.24) is 4.90 Å². The molecule has 0 spiro atoms. The van der Waals surface area contributed by atoms with Gasteiger partial charge in [0.15, 0.2) is 0 Å². The second-order valence-corrected chi connectivity index (χ2v) is 5.92. The maximum absolute atomic E-state index is 12.0. The van der Waals surface area contributed by atoms with Gasteiger partial charge in [0.05, 0.1) is 0 Å². The van der Waals surface area contributed by atoms with Crippen LogP contribution in [0.1, 0.15) is 31.7 Å². The lowest BCUT2D eigenvalue weighted by Crippen LogP contribution is -2.36. The third kappa shape index (κ3) is 4.23. The van der Waals surface area contributed by atoms with Gasteiger partial charge in [0, 0.05) is 30.9 Å². The number of likely N-dealkylation sites (tertiary alicyclic amines) is 1. The average molecular weight is 275 g/mol. The van der Waals surface area contributed by atoms with E-state index in [1.807, 2.05) is 25.1 Å². The van der Waals surface area contributed by atoms with Crippen molar-refractivity contribution in [3.63, 3.8) is 0 Å². The van der Waals surface area contributed by atoms with E-state index in [4.69, 9.17) is 5.73 Å². The van der Waals surface area contributed by atoms with Crippen molar-refractivity contribution in [2.75, 3.05) is 30.7 Å². The van der Waals surface area contributed by atoms with Gasteiger partial charge in [0.2, 0.25) is 5.91 Å². The van der Waals surface area contributed by atoms with Gasteiger partial charge in [-0.2, -0.15) is 0 Å². The smallest absolute Gasteiger partial charge is 0.225 e. The van der Waals surface area contributed by atoms with Gasteiger partial charge in [-0.3, -0.25) is 4.79 Å². The van der Waals surface area contributed by atoms with Crippen LogP contribution in [0.2, 0.25) is 0 Å². The Morgan fingerprint density at radius 3 is 3.05 bits per heavy atom. The van der Waals surface area contributed by atoms with Crippen molar-refractivity contribution in [3.05, 3.63) is 23.8 Å². The number of benzene rings is 1. The molecule has 0 aliphatic carbocycles. The molecule has 1 aromatic carbocycles.